The van der Waals surface area contributed by atoms with E-state index in [9.17, 15) is 4.39 Å². The van der Waals surface area contributed by atoms with Gasteiger partial charge >= 0.3 is 0 Å². The predicted octanol–water partition coefficient (Wildman–Crippen LogP) is 3.52. The van der Waals surface area contributed by atoms with Crippen LogP contribution in [0, 0.1) is 5.82 Å². The van der Waals surface area contributed by atoms with E-state index in [4.69, 9.17) is 0 Å². The van der Waals surface area contributed by atoms with Crippen LogP contribution in [0.5, 0.6) is 0 Å². The Bertz CT molecular complexity index is 993. The fourth-order valence-electron chi connectivity index (χ4n) is 2.72. The molecule has 0 saturated carbocycles. The van der Waals surface area contributed by atoms with Gasteiger partial charge in [0.25, 0.3) is 0 Å². The van der Waals surface area contributed by atoms with Gasteiger partial charge in [-0.15, -0.1) is 0 Å². The Kier molecular flexibility index (Phi) is 3.81. The van der Waals surface area contributed by atoms with Gasteiger partial charge in [0.2, 0.25) is 0 Å². The molecule has 0 fully saturated rings. The lowest BCUT2D eigenvalue weighted by atomic mass is 10.1. The molecule has 0 aliphatic heterocycles. The molecular formula is C18H15FN6. The number of anilines is 1. The van der Waals surface area contributed by atoms with Gasteiger partial charge in [0.1, 0.15) is 30.6 Å². The zero-order valence-electron chi connectivity index (χ0n) is 13.5. The fraction of sp³-hybridized carbons (Fsp3) is 0.111. The summed E-state index contributed by atoms with van der Waals surface area (Å²) in [7, 11) is 0. The van der Waals surface area contributed by atoms with Crippen molar-refractivity contribution >= 4 is 16.7 Å². The molecule has 0 saturated heterocycles. The molecule has 0 radical (unpaired) electrons. The van der Waals surface area contributed by atoms with Gasteiger partial charge in [-0.1, -0.05) is 18.2 Å². The van der Waals surface area contributed by atoms with Crippen LogP contribution in [0.15, 0.2) is 61.4 Å². The van der Waals surface area contributed by atoms with Crippen LogP contribution in [0.1, 0.15) is 18.5 Å². The van der Waals surface area contributed by atoms with Gasteiger partial charge in [-0.2, -0.15) is 5.10 Å². The summed E-state index contributed by atoms with van der Waals surface area (Å²) in [5.74, 6) is 0.144. The molecule has 1 atom stereocenters. The van der Waals surface area contributed by atoms with Crippen LogP contribution in [-0.4, -0.2) is 24.7 Å². The molecule has 0 amide bonds. The molecule has 7 heteroatoms. The van der Waals surface area contributed by atoms with Crippen LogP contribution in [0.25, 0.3) is 16.6 Å². The minimum Gasteiger partial charge on any atom is -0.363 e. The monoisotopic (exact) mass is 334 g/mol. The van der Waals surface area contributed by atoms with Crippen molar-refractivity contribution in [2.75, 3.05) is 5.32 Å². The number of nitrogens with one attached hydrogen (secondary N) is 1. The van der Waals surface area contributed by atoms with Crippen molar-refractivity contribution in [3.05, 3.63) is 72.8 Å². The Morgan fingerprint density at radius 2 is 1.88 bits per heavy atom. The highest BCUT2D eigenvalue weighted by atomic mass is 19.1. The maximum Gasteiger partial charge on any atom is 0.140 e. The summed E-state index contributed by atoms with van der Waals surface area (Å²) < 4.78 is 15.9. The smallest absolute Gasteiger partial charge is 0.140 e. The van der Waals surface area contributed by atoms with Crippen LogP contribution in [0.4, 0.5) is 10.2 Å². The summed E-state index contributed by atoms with van der Waals surface area (Å²) in [6, 6.07) is 12.7. The highest BCUT2D eigenvalue weighted by Gasteiger charge is 2.12. The molecule has 25 heavy (non-hydrogen) atoms. The van der Waals surface area contributed by atoms with E-state index in [0.717, 1.165) is 11.3 Å². The van der Waals surface area contributed by atoms with Gasteiger partial charge < -0.3 is 5.32 Å². The van der Waals surface area contributed by atoms with Crippen LogP contribution in [0.3, 0.4) is 0 Å². The van der Waals surface area contributed by atoms with Gasteiger partial charge in [-0.3, -0.25) is 0 Å². The zero-order chi connectivity index (χ0) is 17.2. The topological polar surface area (TPSA) is 68.5 Å². The highest BCUT2D eigenvalue weighted by Crippen LogP contribution is 2.26. The molecule has 0 bridgehead atoms. The standard InChI is InChI=1S/C18H15FN6/c1-12(13-5-7-14(8-6-13)25-11-20-9-23-25)24-18-17-15(19)3-2-4-16(17)21-10-22-18/h2-12H,1H3,(H,21,22,24)/t12-/m0/s1. The van der Waals surface area contributed by atoms with Gasteiger partial charge in [-0.05, 0) is 36.8 Å². The van der Waals surface area contributed by atoms with E-state index in [1.165, 1.54) is 18.7 Å². The first-order chi connectivity index (χ1) is 12.2. The number of benzene rings is 2. The summed E-state index contributed by atoms with van der Waals surface area (Å²) in [4.78, 5) is 12.3. The lowest BCUT2D eigenvalue weighted by Gasteiger charge is -2.16. The van der Waals surface area contributed by atoms with E-state index in [-0.39, 0.29) is 11.9 Å². The van der Waals surface area contributed by atoms with Gasteiger partial charge in [0.15, 0.2) is 0 Å². The first-order valence-corrected chi connectivity index (χ1v) is 7.83. The van der Waals surface area contributed by atoms with E-state index < -0.39 is 0 Å². The third-order valence-electron chi connectivity index (χ3n) is 4.04. The second-order valence-electron chi connectivity index (χ2n) is 5.65. The van der Waals surface area contributed by atoms with E-state index in [1.54, 1.807) is 23.1 Å². The molecule has 0 unspecified atom stereocenters. The number of aromatic nitrogens is 5. The first kappa shape index (κ1) is 15.2. The first-order valence-electron chi connectivity index (χ1n) is 7.83. The molecular weight excluding hydrogens is 319 g/mol. The molecule has 2 heterocycles. The maximum absolute atomic E-state index is 14.2. The third-order valence-corrected chi connectivity index (χ3v) is 4.04. The van der Waals surface area contributed by atoms with Crippen molar-refractivity contribution in [2.45, 2.75) is 13.0 Å². The second kappa shape index (κ2) is 6.27. The Morgan fingerprint density at radius 1 is 1.04 bits per heavy atom. The number of halogens is 1. The highest BCUT2D eigenvalue weighted by molar-refractivity contribution is 5.89. The lowest BCUT2D eigenvalue weighted by Crippen LogP contribution is -2.09. The quantitative estimate of drug-likeness (QED) is 0.618. The minimum absolute atomic E-state index is 0.0532. The number of rotatable bonds is 4. The molecule has 0 spiro atoms. The largest absolute Gasteiger partial charge is 0.363 e. The van der Waals surface area contributed by atoms with Crippen molar-refractivity contribution in [3.63, 3.8) is 0 Å². The Morgan fingerprint density at radius 3 is 2.64 bits per heavy atom. The molecule has 0 aliphatic rings. The van der Waals surface area contributed by atoms with E-state index in [1.807, 2.05) is 31.2 Å². The summed E-state index contributed by atoms with van der Waals surface area (Å²) in [5.41, 5.74) is 2.55. The summed E-state index contributed by atoms with van der Waals surface area (Å²) in [5, 5.41) is 7.77. The zero-order valence-corrected chi connectivity index (χ0v) is 13.5. The SMILES string of the molecule is C[C@H](Nc1ncnc2cccc(F)c12)c1ccc(-n2cncn2)cc1. The van der Waals surface area contributed by atoms with Gasteiger partial charge in [0.05, 0.1) is 16.6 Å². The fourth-order valence-corrected chi connectivity index (χ4v) is 2.72. The molecule has 2 aromatic carbocycles. The van der Waals surface area contributed by atoms with E-state index in [2.05, 4.69) is 25.4 Å². The van der Waals surface area contributed by atoms with Gasteiger partial charge in [-0.25, -0.2) is 24.0 Å². The second-order valence-corrected chi connectivity index (χ2v) is 5.65. The average Bonchev–Trinajstić information content (AvgIpc) is 3.17. The lowest BCUT2D eigenvalue weighted by molar-refractivity contribution is 0.639. The van der Waals surface area contributed by atoms with Crippen molar-refractivity contribution in [1.82, 2.24) is 24.7 Å². The number of hydrogen-bond donors (Lipinski definition) is 1. The Labute approximate surface area is 143 Å². The Hall–Kier alpha value is -3.35. The molecule has 2 aromatic heterocycles. The molecule has 6 nitrogen and oxygen atoms in total. The average molecular weight is 334 g/mol. The predicted molar refractivity (Wildman–Crippen MR) is 92.9 cm³/mol. The number of fused-ring (bicyclic) bond motifs is 1. The normalized spacial score (nSPS) is 12.2. The van der Waals surface area contributed by atoms with Crippen LogP contribution < -0.4 is 5.32 Å². The molecule has 4 rings (SSSR count). The van der Waals surface area contributed by atoms with Crippen LogP contribution in [0.2, 0.25) is 0 Å². The Balaban J connectivity index is 1.61. The van der Waals surface area contributed by atoms with Crippen molar-refractivity contribution < 1.29 is 4.39 Å². The number of hydrogen-bond acceptors (Lipinski definition) is 5. The third kappa shape index (κ3) is 2.91. The van der Waals surface area contributed by atoms with Crippen molar-refractivity contribution in [1.29, 1.82) is 0 Å². The van der Waals surface area contributed by atoms with Gasteiger partial charge in [0, 0.05) is 6.04 Å². The molecule has 1 N–H and O–H groups in total. The van der Waals surface area contributed by atoms with Crippen molar-refractivity contribution in [3.8, 4) is 5.69 Å². The maximum atomic E-state index is 14.2. The summed E-state index contributed by atoms with van der Waals surface area (Å²) in [6.45, 7) is 2.00. The van der Waals surface area contributed by atoms with E-state index >= 15 is 0 Å². The van der Waals surface area contributed by atoms with Crippen LogP contribution >= 0.6 is 0 Å². The summed E-state index contributed by atoms with van der Waals surface area (Å²) in [6.07, 6.45) is 4.57. The molecule has 4 aromatic rings. The summed E-state index contributed by atoms with van der Waals surface area (Å²) >= 11 is 0. The minimum atomic E-state index is -0.339. The van der Waals surface area contributed by atoms with Crippen molar-refractivity contribution in [2.24, 2.45) is 0 Å². The van der Waals surface area contributed by atoms with E-state index in [0.29, 0.717) is 16.7 Å². The molecule has 0 aliphatic carbocycles. The molecule has 124 valence electrons. The van der Waals surface area contributed by atoms with Crippen LogP contribution in [-0.2, 0) is 0 Å². The number of nitrogens with zero attached hydrogens (tertiary/aromatic N) is 5.